The lowest BCUT2D eigenvalue weighted by atomic mass is 10.1. The summed E-state index contributed by atoms with van der Waals surface area (Å²) >= 11 is 0. The third kappa shape index (κ3) is 3.25. The number of amides is 1. The molecule has 1 aromatic heterocycles. The van der Waals surface area contributed by atoms with Crippen molar-refractivity contribution in [3.05, 3.63) is 42.0 Å². The molecule has 2 N–H and O–H groups in total. The molecule has 0 bridgehead atoms. The Labute approximate surface area is 121 Å². The lowest BCUT2D eigenvalue weighted by molar-refractivity contribution is 0.0925. The maximum Gasteiger partial charge on any atom is 0.273 e. The Hall–Kier alpha value is -2.28. The van der Waals surface area contributed by atoms with Crippen LogP contribution in [0.15, 0.2) is 30.5 Å². The molecule has 110 valence electrons. The molecule has 1 atom stereocenters. The third-order valence-electron chi connectivity index (χ3n) is 3.41. The van der Waals surface area contributed by atoms with Gasteiger partial charge in [-0.25, -0.2) is 4.39 Å². The van der Waals surface area contributed by atoms with Crippen molar-refractivity contribution in [3.63, 3.8) is 0 Å². The van der Waals surface area contributed by atoms with Crippen molar-refractivity contribution in [2.45, 2.75) is 18.9 Å². The summed E-state index contributed by atoms with van der Waals surface area (Å²) in [6, 6.07) is 5.89. The lowest BCUT2D eigenvalue weighted by Crippen LogP contribution is -2.45. The zero-order valence-electron chi connectivity index (χ0n) is 11.4. The molecule has 1 fully saturated rings. The van der Waals surface area contributed by atoms with Crippen LogP contribution in [0.2, 0.25) is 0 Å². The van der Waals surface area contributed by atoms with E-state index in [1.807, 2.05) is 0 Å². The van der Waals surface area contributed by atoms with E-state index in [-0.39, 0.29) is 23.5 Å². The van der Waals surface area contributed by atoms with E-state index in [2.05, 4.69) is 20.8 Å². The van der Waals surface area contributed by atoms with Crippen molar-refractivity contribution in [2.24, 2.45) is 0 Å². The maximum absolute atomic E-state index is 12.9. The van der Waals surface area contributed by atoms with E-state index < -0.39 is 0 Å². The molecule has 6 nitrogen and oxygen atoms in total. The molecule has 2 aromatic rings. The summed E-state index contributed by atoms with van der Waals surface area (Å²) in [6.07, 6.45) is 3.42. The summed E-state index contributed by atoms with van der Waals surface area (Å²) in [5.41, 5.74) is 0.861. The second-order valence-electron chi connectivity index (χ2n) is 5.01. The number of halogens is 1. The summed E-state index contributed by atoms with van der Waals surface area (Å²) in [6.45, 7) is 1.77. The first-order valence-corrected chi connectivity index (χ1v) is 6.92. The molecule has 1 aliphatic heterocycles. The Bertz CT molecular complexity index is 619. The van der Waals surface area contributed by atoms with E-state index in [9.17, 15) is 9.18 Å². The molecule has 1 saturated heterocycles. The zero-order valence-corrected chi connectivity index (χ0v) is 11.4. The molecule has 3 rings (SSSR count). The smallest absolute Gasteiger partial charge is 0.273 e. The van der Waals surface area contributed by atoms with Crippen molar-refractivity contribution in [1.82, 2.24) is 25.6 Å². The third-order valence-corrected chi connectivity index (χ3v) is 3.41. The van der Waals surface area contributed by atoms with Crippen molar-refractivity contribution in [2.75, 3.05) is 13.1 Å². The highest BCUT2D eigenvalue weighted by Crippen LogP contribution is 2.08. The van der Waals surface area contributed by atoms with Crippen LogP contribution in [0.4, 0.5) is 4.39 Å². The largest absolute Gasteiger partial charge is 0.347 e. The first-order valence-electron chi connectivity index (χ1n) is 6.92. The normalized spacial score (nSPS) is 18.4. The number of aromatic nitrogens is 3. The average molecular weight is 289 g/mol. The van der Waals surface area contributed by atoms with Gasteiger partial charge in [0.25, 0.3) is 5.91 Å². The van der Waals surface area contributed by atoms with Crippen LogP contribution >= 0.6 is 0 Å². The van der Waals surface area contributed by atoms with Gasteiger partial charge in [-0.2, -0.15) is 9.90 Å². The number of carbonyl (C=O) groups is 1. The summed E-state index contributed by atoms with van der Waals surface area (Å²) in [5.74, 6) is -0.564. The SMILES string of the molecule is O=C(NC1CCCNC1)c1cnn(-c2ccc(F)cc2)n1. The zero-order chi connectivity index (χ0) is 14.7. The molecular weight excluding hydrogens is 273 g/mol. The molecule has 0 saturated carbocycles. The van der Waals surface area contributed by atoms with Crippen LogP contribution in [0.5, 0.6) is 0 Å². The molecule has 7 heteroatoms. The van der Waals surface area contributed by atoms with Crippen molar-refractivity contribution < 1.29 is 9.18 Å². The number of piperidine rings is 1. The molecule has 2 heterocycles. The van der Waals surface area contributed by atoms with Crippen LogP contribution in [-0.4, -0.2) is 40.0 Å². The number of nitrogens with one attached hydrogen (secondary N) is 2. The second-order valence-corrected chi connectivity index (χ2v) is 5.01. The first kappa shape index (κ1) is 13.7. The average Bonchev–Trinajstić information content (AvgIpc) is 2.99. The summed E-state index contributed by atoms with van der Waals surface area (Å²) in [7, 11) is 0. The van der Waals surface area contributed by atoms with Gasteiger partial charge in [0, 0.05) is 12.6 Å². The van der Waals surface area contributed by atoms with Crippen LogP contribution in [0.25, 0.3) is 5.69 Å². The van der Waals surface area contributed by atoms with Crippen LogP contribution in [-0.2, 0) is 0 Å². The van der Waals surface area contributed by atoms with Crippen LogP contribution < -0.4 is 10.6 Å². The van der Waals surface area contributed by atoms with Crippen molar-refractivity contribution in [3.8, 4) is 5.69 Å². The molecule has 0 aliphatic carbocycles. The van der Waals surface area contributed by atoms with Gasteiger partial charge in [0.2, 0.25) is 0 Å². The Morgan fingerprint density at radius 1 is 1.38 bits per heavy atom. The van der Waals surface area contributed by atoms with Gasteiger partial charge in [-0.15, -0.1) is 5.10 Å². The second kappa shape index (κ2) is 6.01. The summed E-state index contributed by atoms with van der Waals surface area (Å²) in [5, 5.41) is 14.3. The van der Waals surface area contributed by atoms with Gasteiger partial charge in [0.15, 0.2) is 5.69 Å². The Morgan fingerprint density at radius 2 is 2.19 bits per heavy atom. The van der Waals surface area contributed by atoms with Gasteiger partial charge in [0.1, 0.15) is 5.82 Å². The minimum atomic E-state index is -0.325. The van der Waals surface area contributed by atoms with Gasteiger partial charge in [-0.3, -0.25) is 4.79 Å². The predicted octanol–water partition coefficient (Wildman–Crippen LogP) is 0.888. The topological polar surface area (TPSA) is 71.8 Å². The molecule has 1 amide bonds. The van der Waals surface area contributed by atoms with E-state index in [1.165, 1.54) is 23.1 Å². The fourth-order valence-electron chi connectivity index (χ4n) is 2.30. The molecule has 1 aliphatic rings. The van der Waals surface area contributed by atoms with E-state index in [0.717, 1.165) is 25.9 Å². The van der Waals surface area contributed by atoms with Gasteiger partial charge >= 0.3 is 0 Å². The molecule has 0 radical (unpaired) electrons. The highest BCUT2D eigenvalue weighted by molar-refractivity contribution is 5.92. The number of hydrogen-bond acceptors (Lipinski definition) is 4. The summed E-state index contributed by atoms with van der Waals surface area (Å²) < 4.78 is 12.9. The molecule has 21 heavy (non-hydrogen) atoms. The number of benzene rings is 1. The number of carbonyl (C=O) groups excluding carboxylic acids is 1. The van der Waals surface area contributed by atoms with Gasteiger partial charge in [-0.05, 0) is 43.7 Å². The van der Waals surface area contributed by atoms with Crippen LogP contribution in [0, 0.1) is 5.82 Å². The lowest BCUT2D eigenvalue weighted by Gasteiger charge is -2.23. The van der Waals surface area contributed by atoms with Crippen LogP contribution in [0.1, 0.15) is 23.3 Å². The number of hydrogen-bond donors (Lipinski definition) is 2. The molecule has 1 unspecified atom stereocenters. The number of rotatable bonds is 3. The van der Waals surface area contributed by atoms with E-state index in [4.69, 9.17) is 0 Å². The maximum atomic E-state index is 12.9. The molecule has 1 aromatic carbocycles. The number of nitrogens with zero attached hydrogens (tertiary/aromatic N) is 3. The van der Waals surface area contributed by atoms with Gasteiger partial charge in [-0.1, -0.05) is 0 Å². The predicted molar refractivity (Wildman–Crippen MR) is 74.7 cm³/mol. The highest BCUT2D eigenvalue weighted by atomic mass is 19.1. The van der Waals surface area contributed by atoms with Crippen LogP contribution in [0.3, 0.4) is 0 Å². The van der Waals surface area contributed by atoms with Crippen molar-refractivity contribution >= 4 is 5.91 Å². The van der Waals surface area contributed by atoms with E-state index >= 15 is 0 Å². The Kier molecular flexibility index (Phi) is 3.92. The van der Waals surface area contributed by atoms with E-state index in [0.29, 0.717) is 5.69 Å². The quantitative estimate of drug-likeness (QED) is 0.880. The minimum Gasteiger partial charge on any atom is -0.347 e. The monoisotopic (exact) mass is 289 g/mol. The Balaban J connectivity index is 1.69. The standard InChI is InChI=1S/C14H16FN5O/c15-10-3-5-12(6-4-10)20-17-9-13(19-20)14(21)18-11-2-1-7-16-8-11/h3-6,9,11,16H,1-2,7-8H2,(H,18,21). The Morgan fingerprint density at radius 3 is 2.90 bits per heavy atom. The first-order chi connectivity index (χ1) is 10.2. The highest BCUT2D eigenvalue weighted by Gasteiger charge is 2.18. The molecule has 0 spiro atoms. The molecular formula is C14H16FN5O. The summed E-state index contributed by atoms with van der Waals surface area (Å²) in [4.78, 5) is 13.4. The van der Waals surface area contributed by atoms with E-state index in [1.54, 1.807) is 12.1 Å². The van der Waals surface area contributed by atoms with Crippen molar-refractivity contribution in [1.29, 1.82) is 0 Å². The fourth-order valence-corrected chi connectivity index (χ4v) is 2.30. The van der Waals surface area contributed by atoms with Gasteiger partial charge in [0.05, 0.1) is 11.9 Å². The minimum absolute atomic E-state index is 0.127. The van der Waals surface area contributed by atoms with Gasteiger partial charge < -0.3 is 10.6 Å². The fraction of sp³-hybridized carbons (Fsp3) is 0.357.